The van der Waals surface area contributed by atoms with E-state index in [0.29, 0.717) is 25.3 Å². The number of Topliss-reactive ketones (excluding diaryl/α,β-unsaturated/α-hetero) is 1. The van der Waals surface area contributed by atoms with Crippen molar-refractivity contribution < 1.29 is 19.1 Å². The van der Waals surface area contributed by atoms with Crippen LogP contribution in [0, 0.1) is 5.92 Å². The number of hydrogen-bond donors (Lipinski definition) is 1. The average molecular weight is 308 g/mol. The maximum absolute atomic E-state index is 12.6. The first-order valence-corrected chi connectivity index (χ1v) is 8.32. The number of carbonyl (C=O) groups excluding carboxylic acids is 3. The van der Waals surface area contributed by atoms with Gasteiger partial charge in [0.1, 0.15) is 6.61 Å². The summed E-state index contributed by atoms with van der Waals surface area (Å²) in [4.78, 5) is 38.2. The number of ether oxygens (including phenoxy) is 1. The fraction of sp³-hybridized carbons (Fsp3) is 0.812. The van der Waals surface area contributed by atoms with Gasteiger partial charge in [-0.15, -0.1) is 0 Å². The van der Waals surface area contributed by atoms with Crippen LogP contribution >= 0.6 is 0 Å². The molecule has 0 aromatic carbocycles. The lowest BCUT2D eigenvalue weighted by molar-refractivity contribution is -0.150. The second kappa shape index (κ2) is 5.99. The molecule has 6 nitrogen and oxygen atoms in total. The number of likely N-dealkylation sites (tertiary alicyclic amines) is 1. The minimum absolute atomic E-state index is 0.125. The summed E-state index contributed by atoms with van der Waals surface area (Å²) in [6.07, 6.45) is 7.29. The molecule has 1 saturated carbocycles. The highest BCUT2D eigenvalue weighted by molar-refractivity contribution is 6.15. The van der Waals surface area contributed by atoms with Crippen LogP contribution in [0.15, 0.2) is 0 Å². The van der Waals surface area contributed by atoms with Crippen LogP contribution in [0.25, 0.3) is 0 Å². The van der Waals surface area contributed by atoms with Crippen molar-refractivity contribution in [3.63, 3.8) is 0 Å². The Labute approximate surface area is 130 Å². The van der Waals surface area contributed by atoms with Crippen molar-refractivity contribution in [1.82, 2.24) is 4.90 Å². The molecule has 3 aliphatic rings. The van der Waals surface area contributed by atoms with Crippen molar-refractivity contribution in [2.45, 2.75) is 63.0 Å². The van der Waals surface area contributed by atoms with Gasteiger partial charge in [-0.2, -0.15) is 0 Å². The first-order valence-electron chi connectivity index (χ1n) is 8.32. The third-order valence-electron chi connectivity index (χ3n) is 5.52. The predicted molar refractivity (Wildman–Crippen MR) is 78.8 cm³/mol. The van der Waals surface area contributed by atoms with Gasteiger partial charge in [-0.05, 0) is 18.8 Å². The van der Waals surface area contributed by atoms with E-state index in [0.717, 1.165) is 6.42 Å². The van der Waals surface area contributed by atoms with Crippen LogP contribution in [0.1, 0.15) is 51.4 Å². The number of nitrogens with two attached hydrogens (primary N) is 1. The van der Waals surface area contributed by atoms with Crippen molar-refractivity contribution in [1.29, 1.82) is 0 Å². The van der Waals surface area contributed by atoms with Gasteiger partial charge in [-0.1, -0.05) is 32.1 Å². The Morgan fingerprint density at radius 1 is 1.23 bits per heavy atom. The SMILES string of the molecule is NC(=O)C12C(=O)COC1CCN2C(=O)CCC1CCCCC1. The van der Waals surface area contributed by atoms with Crippen molar-refractivity contribution >= 4 is 17.6 Å². The van der Waals surface area contributed by atoms with E-state index in [9.17, 15) is 14.4 Å². The van der Waals surface area contributed by atoms with Crippen LogP contribution < -0.4 is 5.73 Å². The number of fused-ring (bicyclic) bond motifs is 1. The van der Waals surface area contributed by atoms with Crippen molar-refractivity contribution in [2.24, 2.45) is 11.7 Å². The molecule has 1 aliphatic carbocycles. The molecule has 3 fully saturated rings. The highest BCUT2D eigenvalue weighted by Gasteiger charge is 2.64. The van der Waals surface area contributed by atoms with E-state index in [1.807, 2.05) is 0 Å². The Morgan fingerprint density at radius 2 is 1.95 bits per heavy atom. The molecule has 0 radical (unpaired) electrons. The van der Waals surface area contributed by atoms with Gasteiger partial charge >= 0.3 is 0 Å². The second-order valence-electron chi connectivity index (χ2n) is 6.73. The van der Waals surface area contributed by atoms with E-state index in [-0.39, 0.29) is 18.3 Å². The molecule has 3 rings (SSSR count). The zero-order chi connectivity index (χ0) is 15.7. The summed E-state index contributed by atoms with van der Waals surface area (Å²) in [6, 6.07) is 0. The Morgan fingerprint density at radius 3 is 2.64 bits per heavy atom. The Kier molecular flexibility index (Phi) is 4.21. The number of ketones is 1. The van der Waals surface area contributed by atoms with Crippen LogP contribution in [-0.2, 0) is 19.1 Å². The van der Waals surface area contributed by atoms with E-state index < -0.39 is 17.6 Å². The zero-order valence-electron chi connectivity index (χ0n) is 12.9. The number of rotatable bonds is 4. The van der Waals surface area contributed by atoms with Gasteiger partial charge in [0.2, 0.25) is 11.4 Å². The first-order chi connectivity index (χ1) is 10.6. The summed E-state index contributed by atoms with van der Waals surface area (Å²) in [5.74, 6) is -0.654. The number of carbonyl (C=O) groups is 3. The standard InChI is InChI=1S/C16H24N2O4/c17-15(21)16-12(19)10-22-13(16)8-9-18(16)14(20)7-6-11-4-2-1-3-5-11/h11,13H,1-10H2,(H2,17,21). The fourth-order valence-corrected chi connectivity index (χ4v) is 4.31. The molecule has 2 unspecified atom stereocenters. The first kappa shape index (κ1) is 15.5. The topological polar surface area (TPSA) is 89.7 Å². The lowest BCUT2D eigenvalue weighted by Gasteiger charge is -2.33. The molecule has 2 atom stereocenters. The van der Waals surface area contributed by atoms with Gasteiger partial charge in [0.05, 0.1) is 6.10 Å². The monoisotopic (exact) mass is 308 g/mol. The molecular weight excluding hydrogens is 284 g/mol. The van der Waals surface area contributed by atoms with Gasteiger partial charge in [0.25, 0.3) is 5.91 Å². The molecule has 2 saturated heterocycles. The third kappa shape index (κ3) is 2.33. The predicted octanol–water partition coefficient (Wildman–Crippen LogP) is 0.771. The smallest absolute Gasteiger partial charge is 0.254 e. The highest BCUT2D eigenvalue weighted by atomic mass is 16.5. The van der Waals surface area contributed by atoms with Gasteiger partial charge in [-0.25, -0.2) is 0 Å². The molecule has 0 bridgehead atoms. The largest absolute Gasteiger partial charge is 0.367 e. The third-order valence-corrected chi connectivity index (χ3v) is 5.52. The summed E-state index contributed by atoms with van der Waals surface area (Å²) in [5.41, 5.74) is 3.96. The summed E-state index contributed by atoms with van der Waals surface area (Å²) in [5, 5.41) is 0. The number of amides is 2. The maximum Gasteiger partial charge on any atom is 0.254 e. The van der Waals surface area contributed by atoms with E-state index in [4.69, 9.17) is 10.5 Å². The summed E-state index contributed by atoms with van der Waals surface area (Å²) in [6.45, 7) is 0.253. The molecule has 22 heavy (non-hydrogen) atoms. The van der Waals surface area contributed by atoms with Crippen LogP contribution in [0.3, 0.4) is 0 Å². The molecule has 6 heteroatoms. The molecule has 2 amide bonds. The molecule has 2 aliphatic heterocycles. The molecule has 0 spiro atoms. The average Bonchev–Trinajstić information content (AvgIpc) is 3.05. The van der Waals surface area contributed by atoms with E-state index >= 15 is 0 Å². The lowest BCUT2D eigenvalue weighted by Crippen LogP contribution is -2.63. The summed E-state index contributed by atoms with van der Waals surface area (Å²) in [7, 11) is 0. The lowest BCUT2D eigenvalue weighted by atomic mass is 9.85. The molecular formula is C16H24N2O4. The summed E-state index contributed by atoms with van der Waals surface area (Å²) < 4.78 is 5.38. The minimum atomic E-state index is -1.54. The van der Waals surface area contributed by atoms with Crippen LogP contribution in [0.4, 0.5) is 0 Å². The van der Waals surface area contributed by atoms with Crippen molar-refractivity contribution in [3.05, 3.63) is 0 Å². The fourth-order valence-electron chi connectivity index (χ4n) is 4.31. The second-order valence-corrected chi connectivity index (χ2v) is 6.73. The quantitative estimate of drug-likeness (QED) is 0.777. The molecule has 0 aromatic rings. The molecule has 0 aromatic heterocycles. The van der Waals surface area contributed by atoms with Crippen LogP contribution in [0.2, 0.25) is 0 Å². The zero-order valence-corrected chi connectivity index (χ0v) is 12.9. The van der Waals surface area contributed by atoms with Crippen molar-refractivity contribution in [2.75, 3.05) is 13.2 Å². The number of hydrogen-bond acceptors (Lipinski definition) is 4. The Hall–Kier alpha value is -1.43. The van der Waals surface area contributed by atoms with Gasteiger partial charge < -0.3 is 15.4 Å². The maximum atomic E-state index is 12.6. The van der Waals surface area contributed by atoms with Gasteiger partial charge in [-0.3, -0.25) is 14.4 Å². The van der Waals surface area contributed by atoms with Crippen molar-refractivity contribution in [3.8, 4) is 0 Å². The molecule has 122 valence electrons. The normalized spacial score (nSPS) is 32.3. The van der Waals surface area contributed by atoms with Gasteiger partial charge in [0, 0.05) is 13.0 Å². The van der Waals surface area contributed by atoms with Crippen LogP contribution in [0.5, 0.6) is 0 Å². The van der Waals surface area contributed by atoms with E-state index in [2.05, 4.69) is 0 Å². The van der Waals surface area contributed by atoms with Crippen LogP contribution in [-0.4, -0.2) is 47.3 Å². The number of primary amides is 1. The minimum Gasteiger partial charge on any atom is -0.367 e. The Bertz CT molecular complexity index is 487. The molecule has 2 N–H and O–H groups in total. The highest BCUT2D eigenvalue weighted by Crippen LogP contribution is 2.38. The Balaban J connectivity index is 1.68. The molecule has 2 heterocycles. The number of nitrogens with zero attached hydrogens (tertiary/aromatic N) is 1. The van der Waals surface area contributed by atoms with E-state index in [1.165, 1.54) is 37.0 Å². The summed E-state index contributed by atoms with van der Waals surface area (Å²) >= 11 is 0. The van der Waals surface area contributed by atoms with E-state index in [1.54, 1.807) is 0 Å². The van der Waals surface area contributed by atoms with Gasteiger partial charge in [0.15, 0.2) is 5.78 Å².